The maximum atomic E-state index is 12.9. The van der Waals surface area contributed by atoms with E-state index in [4.69, 9.17) is 11.6 Å². The third-order valence-electron chi connectivity index (χ3n) is 1.77. The Morgan fingerprint density at radius 2 is 2.24 bits per heavy atom. The molecule has 0 unspecified atom stereocenters. The lowest BCUT2D eigenvalue weighted by Crippen LogP contribution is -2.12. The van der Waals surface area contributed by atoms with Gasteiger partial charge >= 0.3 is 0 Å². The van der Waals surface area contributed by atoms with Gasteiger partial charge in [0.05, 0.1) is 5.69 Å². The van der Waals surface area contributed by atoms with E-state index in [1.165, 1.54) is 18.2 Å². The van der Waals surface area contributed by atoms with Crippen LogP contribution in [0.15, 0.2) is 18.2 Å². The Morgan fingerprint density at radius 1 is 1.47 bits per heavy atom. The summed E-state index contributed by atoms with van der Waals surface area (Å²) in [4.78, 5) is 11.7. The molecule has 1 aromatic carbocycles. The van der Waals surface area contributed by atoms with Crippen molar-refractivity contribution in [2.24, 2.45) is 0 Å². The predicted molar refractivity (Wildman–Crippen MR) is 72.0 cm³/mol. The van der Waals surface area contributed by atoms with Crippen LogP contribution in [-0.4, -0.2) is 16.1 Å². The molecule has 88 valence electrons. The number of nitrogens with one attached hydrogen (secondary N) is 1. The van der Waals surface area contributed by atoms with Crippen molar-refractivity contribution in [3.63, 3.8) is 0 Å². The predicted octanol–water partition coefficient (Wildman–Crippen LogP) is 3.19. The Kier molecular flexibility index (Phi) is 3.89. The van der Waals surface area contributed by atoms with Crippen LogP contribution in [0.25, 0.3) is 0 Å². The topological polar surface area (TPSA) is 54.9 Å². The number of benzene rings is 1. The molecular formula is C9H4ClFIN3OS. The molecule has 0 aliphatic heterocycles. The van der Waals surface area contributed by atoms with Crippen LogP contribution in [-0.2, 0) is 0 Å². The van der Waals surface area contributed by atoms with Crippen molar-refractivity contribution in [1.29, 1.82) is 0 Å². The highest BCUT2D eigenvalue weighted by molar-refractivity contribution is 14.1. The molecule has 4 nitrogen and oxygen atoms in total. The van der Waals surface area contributed by atoms with Gasteiger partial charge in [0, 0.05) is 3.57 Å². The van der Waals surface area contributed by atoms with Crippen molar-refractivity contribution in [3.05, 3.63) is 37.1 Å². The summed E-state index contributed by atoms with van der Waals surface area (Å²) >= 11 is 8.48. The largest absolute Gasteiger partial charge is 0.319 e. The summed E-state index contributed by atoms with van der Waals surface area (Å²) in [6.07, 6.45) is 0. The van der Waals surface area contributed by atoms with E-state index >= 15 is 0 Å². The standard InChI is InChI=1S/C9H4ClFIN3OS/c10-9-15-14-8(17-9)7(16)13-6-2-1-4(11)3-5(6)12/h1-3H,(H,13,16). The van der Waals surface area contributed by atoms with Crippen molar-refractivity contribution in [2.75, 3.05) is 5.32 Å². The summed E-state index contributed by atoms with van der Waals surface area (Å²) in [6.45, 7) is 0. The Labute approximate surface area is 118 Å². The molecule has 0 saturated carbocycles. The first-order valence-electron chi connectivity index (χ1n) is 4.31. The van der Waals surface area contributed by atoms with Gasteiger partial charge < -0.3 is 5.32 Å². The minimum Gasteiger partial charge on any atom is -0.319 e. The molecular weight excluding hydrogens is 380 g/mol. The molecule has 0 aliphatic rings. The van der Waals surface area contributed by atoms with Crippen LogP contribution in [0.1, 0.15) is 9.80 Å². The molecule has 1 amide bonds. The number of carbonyl (C=O) groups excluding carboxylic acids is 1. The normalized spacial score (nSPS) is 10.3. The van der Waals surface area contributed by atoms with Gasteiger partial charge in [0.1, 0.15) is 5.82 Å². The van der Waals surface area contributed by atoms with Crippen LogP contribution in [0.2, 0.25) is 4.47 Å². The first-order chi connectivity index (χ1) is 8.06. The molecule has 0 fully saturated rings. The average Bonchev–Trinajstić information content (AvgIpc) is 2.69. The molecule has 17 heavy (non-hydrogen) atoms. The molecule has 0 saturated heterocycles. The molecule has 2 rings (SSSR count). The molecule has 1 N–H and O–H groups in total. The second-order valence-electron chi connectivity index (χ2n) is 2.94. The molecule has 1 aromatic heterocycles. The van der Waals surface area contributed by atoms with Crippen LogP contribution in [0, 0.1) is 9.39 Å². The smallest absolute Gasteiger partial charge is 0.286 e. The maximum absolute atomic E-state index is 12.9. The van der Waals surface area contributed by atoms with Gasteiger partial charge in [0.2, 0.25) is 9.47 Å². The number of hydrogen-bond acceptors (Lipinski definition) is 4. The summed E-state index contributed by atoms with van der Waals surface area (Å²) in [6, 6.07) is 4.08. The first-order valence-corrected chi connectivity index (χ1v) is 6.59. The fourth-order valence-electron chi connectivity index (χ4n) is 1.06. The second-order valence-corrected chi connectivity index (χ2v) is 5.66. The molecule has 0 spiro atoms. The van der Waals surface area contributed by atoms with Crippen molar-refractivity contribution < 1.29 is 9.18 Å². The van der Waals surface area contributed by atoms with Gasteiger partial charge in [0.15, 0.2) is 0 Å². The van der Waals surface area contributed by atoms with Gasteiger partial charge in [-0.1, -0.05) is 11.3 Å². The summed E-state index contributed by atoms with van der Waals surface area (Å²) in [5.74, 6) is -0.773. The van der Waals surface area contributed by atoms with Crippen LogP contribution >= 0.6 is 45.5 Å². The molecule has 1 heterocycles. The van der Waals surface area contributed by atoms with Crippen LogP contribution in [0.4, 0.5) is 10.1 Å². The number of anilines is 1. The fourth-order valence-corrected chi connectivity index (χ4v) is 2.40. The number of nitrogens with zero attached hydrogens (tertiary/aromatic N) is 2. The molecule has 2 aromatic rings. The van der Waals surface area contributed by atoms with E-state index in [2.05, 4.69) is 15.5 Å². The van der Waals surface area contributed by atoms with Crippen LogP contribution in [0.5, 0.6) is 0 Å². The Morgan fingerprint density at radius 3 is 2.82 bits per heavy atom. The SMILES string of the molecule is O=C(Nc1ccc(F)cc1I)c1nnc(Cl)s1. The van der Waals surface area contributed by atoms with Crippen LogP contribution in [0.3, 0.4) is 0 Å². The minimum atomic E-state index is -0.418. The number of hydrogen-bond donors (Lipinski definition) is 1. The average molecular weight is 384 g/mol. The van der Waals surface area contributed by atoms with Crippen molar-refractivity contribution in [3.8, 4) is 0 Å². The van der Waals surface area contributed by atoms with Gasteiger partial charge in [-0.3, -0.25) is 4.79 Å². The highest BCUT2D eigenvalue weighted by Gasteiger charge is 2.13. The highest BCUT2D eigenvalue weighted by Crippen LogP contribution is 2.21. The quantitative estimate of drug-likeness (QED) is 0.811. The monoisotopic (exact) mass is 383 g/mol. The van der Waals surface area contributed by atoms with Gasteiger partial charge in [-0.2, -0.15) is 0 Å². The lowest BCUT2D eigenvalue weighted by Gasteiger charge is -2.04. The Hall–Kier alpha value is -0.800. The lowest BCUT2D eigenvalue weighted by molar-refractivity contribution is 0.102. The number of carbonyl (C=O) groups is 1. The van der Waals surface area contributed by atoms with E-state index in [9.17, 15) is 9.18 Å². The second kappa shape index (κ2) is 5.23. The maximum Gasteiger partial charge on any atom is 0.286 e. The summed E-state index contributed by atoms with van der Waals surface area (Å²) < 4.78 is 13.7. The Bertz CT molecular complexity index is 577. The van der Waals surface area contributed by atoms with Gasteiger partial charge in [-0.25, -0.2) is 4.39 Å². The third kappa shape index (κ3) is 3.11. The highest BCUT2D eigenvalue weighted by atomic mass is 127. The zero-order valence-electron chi connectivity index (χ0n) is 8.08. The van der Waals surface area contributed by atoms with E-state index < -0.39 is 5.91 Å². The van der Waals surface area contributed by atoms with Crippen molar-refractivity contribution in [1.82, 2.24) is 10.2 Å². The fraction of sp³-hybridized carbons (Fsp3) is 0. The van der Waals surface area contributed by atoms with E-state index in [0.29, 0.717) is 9.26 Å². The summed E-state index contributed by atoms with van der Waals surface area (Å²) in [5, 5.41) is 9.90. The first kappa shape index (κ1) is 12.7. The number of halogens is 3. The van der Waals surface area contributed by atoms with E-state index in [1.54, 1.807) is 0 Å². The van der Waals surface area contributed by atoms with E-state index in [0.717, 1.165) is 11.3 Å². The molecule has 8 heteroatoms. The number of aromatic nitrogens is 2. The molecule has 0 radical (unpaired) electrons. The third-order valence-corrected chi connectivity index (χ3v) is 3.68. The minimum absolute atomic E-state index is 0.162. The van der Waals surface area contributed by atoms with E-state index in [1.807, 2.05) is 22.6 Å². The Balaban J connectivity index is 2.18. The van der Waals surface area contributed by atoms with Crippen LogP contribution < -0.4 is 5.32 Å². The number of rotatable bonds is 2. The molecule has 0 bridgehead atoms. The van der Waals surface area contributed by atoms with E-state index in [-0.39, 0.29) is 15.3 Å². The van der Waals surface area contributed by atoms with Crippen molar-refractivity contribution in [2.45, 2.75) is 0 Å². The van der Waals surface area contributed by atoms with Gasteiger partial charge in [-0.15, -0.1) is 10.2 Å². The summed E-state index contributed by atoms with van der Waals surface area (Å²) in [7, 11) is 0. The van der Waals surface area contributed by atoms with Crippen molar-refractivity contribution >= 4 is 57.1 Å². The molecule has 0 atom stereocenters. The van der Waals surface area contributed by atoms with Gasteiger partial charge in [0.25, 0.3) is 5.91 Å². The zero-order valence-corrected chi connectivity index (χ0v) is 11.8. The summed E-state index contributed by atoms with van der Waals surface area (Å²) in [5.41, 5.74) is 0.517. The zero-order chi connectivity index (χ0) is 12.4. The molecule has 0 aliphatic carbocycles. The lowest BCUT2D eigenvalue weighted by atomic mass is 10.3. The van der Waals surface area contributed by atoms with Gasteiger partial charge in [-0.05, 0) is 52.4 Å². The number of amides is 1.